The quantitative estimate of drug-likeness (QED) is 0.591. The summed E-state index contributed by atoms with van der Waals surface area (Å²) in [6.07, 6.45) is 5.40. The van der Waals surface area contributed by atoms with Crippen LogP contribution in [0.3, 0.4) is 0 Å². The van der Waals surface area contributed by atoms with E-state index < -0.39 is 0 Å². The molecule has 1 aliphatic rings. The maximum atomic E-state index is 5.56. The van der Waals surface area contributed by atoms with Crippen LogP contribution in [0.5, 0.6) is 0 Å². The van der Waals surface area contributed by atoms with Gasteiger partial charge in [0.15, 0.2) is 0 Å². The van der Waals surface area contributed by atoms with E-state index in [9.17, 15) is 0 Å². The summed E-state index contributed by atoms with van der Waals surface area (Å²) in [6, 6.07) is 0.887. The van der Waals surface area contributed by atoms with E-state index in [2.05, 4.69) is 5.32 Å². The van der Waals surface area contributed by atoms with Crippen LogP contribution in [0.25, 0.3) is 0 Å². The van der Waals surface area contributed by atoms with Gasteiger partial charge in [-0.25, -0.2) is 0 Å². The maximum Gasteiger partial charge on any atom is 0.00762 e. The molecule has 0 amide bonds. The van der Waals surface area contributed by atoms with Crippen molar-refractivity contribution in [3.63, 3.8) is 0 Å². The van der Waals surface area contributed by atoms with Gasteiger partial charge in [-0.1, -0.05) is 12.8 Å². The molecule has 0 aliphatic heterocycles. The topological polar surface area (TPSA) is 12.0 Å². The molecule has 0 aromatic carbocycles. The first-order valence-corrected chi connectivity index (χ1v) is 3.80. The predicted octanol–water partition coefficient (Wildman–Crippen LogP) is 1.62. The van der Waals surface area contributed by atoms with E-state index in [1.54, 1.807) is 0 Å². The normalized spacial score (nSPS) is 21.7. The standard InChI is InChI=1S/C8H15N/c1-7(2)9-8-5-3-4-6-8/h1,7-9H,3-6H2,2H3. The summed E-state index contributed by atoms with van der Waals surface area (Å²) in [5.41, 5.74) is 0. The maximum absolute atomic E-state index is 5.56. The van der Waals surface area contributed by atoms with Crippen LogP contribution in [-0.4, -0.2) is 12.1 Å². The van der Waals surface area contributed by atoms with Gasteiger partial charge in [0, 0.05) is 12.1 Å². The Labute approximate surface area is 57.8 Å². The highest BCUT2D eigenvalue weighted by atomic mass is 14.9. The van der Waals surface area contributed by atoms with Crippen LogP contribution in [0.15, 0.2) is 0 Å². The van der Waals surface area contributed by atoms with Gasteiger partial charge >= 0.3 is 0 Å². The van der Waals surface area contributed by atoms with Crippen LogP contribution in [0, 0.1) is 6.92 Å². The van der Waals surface area contributed by atoms with Crippen LogP contribution in [0.4, 0.5) is 0 Å². The van der Waals surface area contributed by atoms with Crippen molar-refractivity contribution < 1.29 is 0 Å². The van der Waals surface area contributed by atoms with E-state index in [0.717, 1.165) is 0 Å². The molecule has 1 heteroatoms. The second-order valence-corrected chi connectivity index (χ2v) is 2.94. The van der Waals surface area contributed by atoms with Gasteiger partial charge in [0.2, 0.25) is 0 Å². The lowest BCUT2D eigenvalue weighted by Crippen LogP contribution is -2.32. The Bertz CT molecular complexity index is 72.6. The first-order chi connectivity index (χ1) is 4.29. The van der Waals surface area contributed by atoms with Gasteiger partial charge in [-0.05, 0) is 26.7 Å². The summed E-state index contributed by atoms with van der Waals surface area (Å²) in [5, 5.41) is 3.32. The summed E-state index contributed by atoms with van der Waals surface area (Å²) < 4.78 is 0. The highest BCUT2D eigenvalue weighted by Gasteiger charge is 2.14. The third-order valence-electron chi connectivity index (χ3n) is 1.85. The van der Waals surface area contributed by atoms with E-state index in [4.69, 9.17) is 6.92 Å². The fourth-order valence-electron chi connectivity index (χ4n) is 1.46. The van der Waals surface area contributed by atoms with E-state index in [1.807, 2.05) is 6.92 Å². The second kappa shape index (κ2) is 3.21. The van der Waals surface area contributed by atoms with E-state index in [1.165, 1.54) is 25.7 Å². The summed E-state index contributed by atoms with van der Waals surface area (Å²) >= 11 is 0. The average Bonchev–Trinajstić information content (AvgIpc) is 2.15. The van der Waals surface area contributed by atoms with Crippen molar-refractivity contribution in [2.45, 2.75) is 44.7 Å². The Balaban J connectivity index is 2.11. The zero-order chi connectivity index (χ0) is 6.69. The smallest absolute Gasteiger partial charge is 0.00762 e. The van der Waals surface area contributed by atoms with Crippen molar-refractivity contribution in [1.29, 1.82) is 0 Å². The van der Waals surface area contributed by atoms with Crippen molar-refractivity contribution >= 4 is 0 Å². The van der Waals surface area contributed by atoms with Gasteiger partial charge < -0.3 is 5.32 Å². The fraction of sp³-hybridized carbons (Fsp3) is 0.875. The highest BCUT2D eigenvalue weighted by Crippen LogP contribution is 2.17. The van der Waals surface area contributed by atoms with Crippen molar-refractivity contribution in [3.8, 4) is 0 Å². The minimum absolute atomic E-state index is 0.174. The van der Waals surface area contributed by atoms with Crippen molar-refractivity contribution in [2.75, 3.05) is 0 Å². The Morgan fingerprint density at radius 1 is 1.44 bits per heavy atom. The number of rotatable bonds is 2. The molecule has 1 unspecified atom stereocenters. The largest absolute Gasteiger partial charge is 0.311 e. The molecule has 52 valence electrons. The molecular weight excluding hydrogens is 110 g/mol. The Morgan fingerprint density at radius 3 is 2.44 bits per heavy atom. The molecule has 2 radical (unpaired) electrons. The predicted molar refractivity (Wildman–Crippen MR) is 39.2 cm³/mol. The fourth-order valence-corrected chi connectivity index (χ4v) is 1.46. The molecule has 0 spiro atoms. The second-order valence-electron chi connectivity index (χ2n) is 2.94. The highest BCUT2D eigenvalue weighted by molar-refractivity contribution is 4.77. The first kappa shape index (κ1) is 7.07. The molecular formula is C8H15N. The van der Waals surface area contributed by atoms with E-state index >= 15 is 0 Å². The SMILES string of the molecule is [CH]C(C)NC1CCCC1. The molecule has 9 heavy (non-hydrogen) atoms. The summed E-state index contributed by atoms with van der Waals surface area (Å²) in [4.78, 5) is 0. The van der Waals surface area contributed by atoms with Crippen LogP contribution in [0.2, 0.25) is 0 Å². The molecule has 1 saturated carbocycles. The zero-order valence-electron chi connectivity index (χ0n) is 6.06. The van der Waals surface area contributed by atoms with Gasteiger partial charge in [-0.3, -0.25) is 0 Å². The molecule has 1 rings (SSSR count). The minimum Gasteiger partial charge on any atom is -0.311 e. The lowest BCUT2D eigenvalue weighted by molar-refractivity contribution is 0.493. The monoisotopic (exact) mass is 125 g/mol. The number of hydrogen-bond donors (Lipinski definition) is 1. The van der Waals surface area contributed by atoms with Gasteiger partial charge in [-0.2, -0.15) is 0 Å². The third kappa shape index (κ3) is 2.35. The van der Waals surface area contributed by atoms with Crippen molar-refractivity contribution in [2.24, 2.45) is 0 Å². The molecule has 1 aliphatic carbocycles. The zero-order valence-corrected chi connectivity index (χ0v) is 6.06. The Morgan fingerprint density at radius 2 is 2.00 bits per heavy atom. The van der Waals surface area contributed by atoms with Gasteiger partial charge in [0.1, 0.15) is 0 Å². The van der Waals surface area contributed by atoms with Gasteiger partial charge in [0.05, 0.1) is 0 Å². The molecule has 1 fully saturated rings. The van der Waals surface area contributed by atoms with Crippen LogP contribution in [-0.2, 0) is 0 Å². The molecule has 1 nitrogen and oxygen atoms in total. The molecule has 0 saturated heterocycles. The minimum atomic E-state index is 0.174. The number of nitrogens with one attached hydrogen (secondary N) is 1. The van der Waals surface area contributed by atoms with Gasteiger partial charge in [0.25, 0.3) is 0 Å². The van der Waals surface area contributed by atoms with Gasteiger partial charge in [-0.15, -0.1) is 0 Å². The Kier molecular flexibility index (Phi) is 2.52. The van der Waals surface area contributed by atoms with Crippen LogP contribution in [0.1, 0.15) is 32.6 Å². The average molecular weight is 125 g/mol. The lowest BCUT2D eigenvalue weighted by atomic mass is 10.2. The number of hydrogen-bond acceptors (Lipinski definition) is 1. The molecule has 1 atom stereocenters. The van der Waals surface area contributed by atoms with E-state index in [0.29, 0.717) is 6.04 Å². The summed E-state index contributed by atoms with van der Waals surface area (Å²) in [6.45, 7) is 7.56. The van der Waals surface area contributed by atoms with Crippen LogP contribution < -0.4 is 5.32 Å². The summed E-state index contributed by atoms with van der Waals surface area (Å²) in [5.74, 6) is 0. The third-order valence-corrected chi connectivity index (χ3v) is 1.85. The molecule has 0 aromatic heterocycles. The lowest BCUT2D eigenvalue weighted by Gasteiger charge is -2.13. The van der Waals surface area contributed by atoms with Crippen molar-refractivity contribution in [1.82, 2.24) is 5.32 Å². The van der Waals surface area contributed by atoms with Crippen molar-refractivity contribution in [3.05, 3.63) is 6.92 Å². The van der Waals surface area contributed by atoms with Crippen LogP contribution >= 0.6 is 0 Å². The summed E-state index contributed by atoms with van der Waals surface area (Å²) in [7, 11) is 0. The molecule has 0 heterocycles. The molecule has 1 N–H and O–H groups in total. The Hall–Kier alpha value is -0.0400. The molecule has 0 aromatic rings. The molecule has 0 bridgehead atoms. The first-order valence-electron chi connectivity index (χ1n) is 3.80. The van der Waals surface area contributed by atoms with E-state index in [-0.39, 0.29) is 6.04 Å².